The number of amides is 1. The third kappa shape index (κ3) is 10.8. The lowest BCUT2D eigenvalue weighted by molar-refractivity contribution is -0.151. The molecule has 1 atom stereocenters. The number of ketones is 1. The largest absolute Gasteiger partial charge is 0.461 e. The van der Waals surface area contributed by atoms with Crippen molar-refractivity contribution in [2.75, 3.05) is 19.8 Å². The first-order valence-electron chi connectivity index (χ1n) is 13.5. The van der Waals surface area contributed by atoms with E-state index in [9.17, 15) is 14.4 Å². The Bertz CT molecular complexity index is 989. The van der Waals surface area contributed by atoms with Gasteiger partial charge in [0.2, 0.25) is 0 Å². The van der Waals surface area contributed by atoms with E-state index in [1.807, 2.05) is 55.5 Å². The van der Waals surface area contributed by atoms with Gasteiger partial charge in [-0.05, 0) is 68.7 Å². The Morgan fingerprint density at radius 3 is 2.47 bits per heavy atom. The fourth-order valence-corrected chi connectivity index (χ4v) is 4.48. The van der Waals surface area contributed by atoms with Crippen molar-refractivity contribution in [2.24, 2.45) is 0 Å². The first-order valence-corrected chi connectivity index (χ1v) is 13.5. The number of carbonyl (C=O) groups is 3. The lowest BCUT2D eigenvalue weighted by Crippen LogP contribution is -2.32. The Hall–Kier alpha value is -3.03. The number of nitrogens with one attached hydrogen (secondary N) is 2. The standard InChI is InChI=1S/C30H40N2O5.CH4/c1-2-36-22-26(33)16-7-4-10-19-31-29(34)25-15-11-12-23(20-25)21-32-28(24-13-5-3-6-14-24)30(35)37-27-17-8-9-18-27;/h3,5-6,11-15,20,27-28,32H,2,4,7-10,16-19,21-22H2,1H3,(H,31,34);1H4/t28-;/m0./s1. The normalized spacial score (nSPS) is 13.9. The minimum atomic E-state index is -0.570. The second-order valence-corrected chi connectivity index (χ2v) is 9.51. The van der Waals surface area contributed by atoms with Gasteiger partial charge in [0.05, 0.1) is 0 Å². The molecule has 208 valence electrons. The molecule has 0 unspecified atom stereocenters. The van der Waals surface area contributed by atoms with Crippen LogP contribution in [-0.4, -0.2) is 43.5 Å². The van der Waals surface area contributed by atoms with E-state index in [0.29, 0.717) is 31.7 Å². The number of unbranched alkanes of at least 4 members (excludes halogenated alkanes) is 2. The zero-order chi connectivity index (χ0) is 26.3. The fourth-order valence-electron chi connectivity index (χ4n) is 4.48. The molecule has 0 radical (unpaired) electrons. The average Bonchev–Trinajstić information content (AvgIpc) is 3.43. The van der Waals surface area contributed by atoms with Gasteiger partial charge < -0.3 is 14.8 Å². The Labute approximate surface area is 227 Å². The molecule has 0 aromatic heterocycles. The summed E-state index contributed by atoms with van der Waals surface area (Å²) in [5, 5.41) is 6.29. The van der Waals surface area contributed by atoms with Crippen molar-refractivity contribution >= 4 is 17.7 Å². The number of benzene rings is 2. The number of ether oxygens (including phenoxy) is 2. The van der Waals surface area contributed by atoms with Crippen LogP contribution in [0.5, 0.6) is 0 Å². The summed E-state index contributed by atoms with van der Waals surface area (Å²) < 4.78 is 10.9. The van der Waals surface area contributed by atoms with Crippen LogP contribution in [-0.2, 0) is 25.6 Å². The molecule has 7 heteroatoms. The van der Waals surface area contributed by atoms with Gasteiger partial charge in [-0.25, -0.2) is 4.79 Å². The van der Waals surface area contributed by atoms with E-state index in [1.165, 1.54) is 0 Å². The van der Waals surface area contributed by atoms with Gasteiger partial charge in [-0.1, -0.05) is 56.3 Å². The van der Waals surface area contributed by atoms with Crippen LogP contribution in [0.1, 0.15) is 93.2 Å². The molecule has 0 saturated heterocycles. The van der Waals surface area contributed by atoms with E-state index in [-0.39, 0.29) is 37.8 Å². The summed E-state index contributed by atoms with van der Waals surface area (Å²) in [5.41, 5.74) is 2.35. The molecule has 2 N–H and O–H groups in total. The molecule has 1 amide bonds. The van der Waals surface area contributed by atoms with Crippen molar-refractivity contribution < 1.29 is 23.9 Å². The molecule has 0 spiro atoms. The van der Waals surface area contributed by atoms with Gasteiger partial charge in [0.15, 0.2) is 5.78 Å². The van der Waals surface area contributed by atoms with Gasteiger partial charge in [0.1, 0.15) is 18.8 Å². The van der Waals surface area contributed by atoms with Crippen molar-refractivity contribution in [3.63, 3.8) is 0 Å². The second-order valence-electron chi connectivity index (χ2n) is 9.51. The van der Waals surface area contributed by atoms with Gasteiger partial charge in [-0.15, -0.1) is 0 Å². The predicted molar refractivity (Wildman–Crippen MR) is 150 cm³/mol. The van der Waals surface area contributed by atoms with Gasteiger partial charge in [-0.2, -0.15) is 0 Å². The molecule has 0 bridgehead atoms. The molecule has 3 rings (SSSR count). The predicted octanol–water partition coefficient (Wildman–Crippen LogP) is 5.54. The minimum Gasteiger partial charge on any atom is -0.461 e. The molecular weight excluding hydrogens is 480 g/mol. The van der Waals surface area contributed by atoms with Crippen LogP contribution in [0.15, 0.2) is 54.6 Å². The van der Waals surface area contributed by atoms with E-state index < -0.39 is 6.04 Å². The Balaban J connectivity index is 0.00000507. The minimum absolute atomic E-state index is 0. The third-order valence-electron chi connectivity index (χ3n) is 6.54. The average molecular weight is 525 g/mol. The molecule has 0 heterocycles. The van der Waals surface area contributed by atoms with Crippen LogP contribution < -0.4 is 10.6 Å². The smallest absolute Gasteiger partial charge is 0.328 e. The highest BCUT2D eigenvalue weighted by Crippen LogP contribution is 2.24. The lowest BCUT2D eigenvalue weighted by Gasteiger charge is -2.21. The van der Waals surface area contributed by atoms with Gasteiger partial charge in [0.25, 0.3) is 5.91 Å². The molecule has 1 saturated carbocycles. The molecular formula is C31H44N2O5. The van der Waals surface area contributed by atoms with E-state index in [2.05, 4.69) is 10.6 Å². The van der Waals surface area contributed by atoms with Crippen LogP contribution in [0.3, 0.4) is 0 Å². The summed E-state index contributed by atoms with van der Waals surface area (Å²) in [6.07, 6.45) is 7.07. The van der Waals surface area contributed by atoms with Crippen LogP contribution in [0.4, 0.5) is 0 Å². The summed E-state index contributed by atoms with van der Waals surface area (Å²) in [6.45, 7) is 3.60. The number of hydrogen-bond donors (Lipinski definition) is 2. The van der Waals surface area contributed by atoms with Gasteiger partial charge >= 0.3 is 5.97 Å². The molecule has 7 nitrogen and oxygen atoms in total. The third-order valence-corrected chi connectivity index (χ3v) is 6.54. The van der Waals surface area contributed by atoms with E-state index in [1.54, 1.807) is 6.07 Å². The molecule has 0 aliphatic heterocycles. The first-order chi connectivity index (χ1) is 18.1. The Morgan fingerprint density at radius 1 is 0.974 bits per heavy atom. The number of carbonyl (C=O) groups excluding carboxylic acids is 3. The number of esters is 1. The maximum atomic E-state index is 13.0. The molecule has 2 aromatic carbocycles. The van der Waals surface area contributed by atoms with Gasteiger partial charge in [0, 0.05) is 31.7 Å². The first kappa shape index (κ1) is 31.2. The molecule has 1 aliphatic carbocycles. The highest BCUT2D eigenvalue weighted by molar-refractivity contribution is 5.94. The monoisotopic (exact) mass is 524 g/mol. The molecule has 2 aromatic rings. The van der Waals surface area contributed by atoms with Crippen LogP contribution in [0, 0.1) is 0 Å². The zero-order valence-electron chi connectivity index (χ0n) is 21.9. The number of Topliss-reactive ketones (excluding diaryl/α,β-unsaturated/α-hetero) is 1. The van der Waals surface area contributed by atoms with Crippen molar-refractivity contribution in [3.8, 4) is 0 Å². The summed E-state index contributed by atoms with van der Waals surface area (Å²) >= 11 is 0. The Kier molecular flexibility index (Phi) is 14.3. The van der Waals surface area contributed by atoms with Crippen molar-refractivity contribution in [2.45, 2.75) is 84.4 Å². The second kappa shape index (κ2) is 17.5. The highest BCUT2D eigenvalue weighted by Gasteiger charge is 2.26. The fraction of sp³-hybridized carbons (Fsp3) is 0.516. The van der Waals surface area contributed by atoms with Crippen molar-refractivity contribution in [3.05, 3.63) is 71.3 Å². The summed E-state index contributed by atoms with van der Waals surface area (Å²) in [4.78, 5) is 37.3. The quantitative estimate of drug-likeness (QED) is 0.221. The summed E-state index contributed by atoms with van der Waals surface area (Å²) in [6, 6.07) is 16.4. The maximum Gasteiger partial charge on any atom is 0.328 e. The van der Waals surface area contributed by atoms with E-state index in [4.69, 9.17) is 9.47 Å². The summed E-state index contributed by atoms with van der Waals surface area (Å²) in [7, 11) is 0. The molecule has 1 aliphatic rings. The van der Waals surface area contributed by atoms with Gasteiger partial charge in [-0.3, -0.25) is 14.9 Å². The lowest BCUT2D eigenvalue weighted by atomic mass is 10.1. The Morgan fingerprint density at radius 2 is 1.74 bits per heavy atom. The van der Waals surface area contributed by atoms with E-state index >= 15 is 0 Å². The SMILES string of the molecule is C.CCOCC(=O)CCCCCNC(=O)c1cccc(CN[C@H](C(=O)OC2CCCC2)c2ccccc2)c1. The maximum absolute atomic E-state index is 13.0. The number of rotatable bonds is 16. The van der Waals surface area contributed by atoms with Crippen molar-refractivity contribution in [1.82, 2.24) is 10.6 Å². The van der Waals surface area contributed by atoms with Crippen LogP contribution in [0.2, 0.25) is 0 Å². The number of hydrogen-bond acceptors (Lipinski definition) is 6. The van der Waals surface area contributed by atoms with Crippen molar-refractivity contribution in [1.29, 1.82) is 0 Å². The summed E-state index contributed by atoms with van der Waals surface area (Å²) in [5.74, 6) is -0.265. The van der Waals surface area contributed by atoms with Crippen LogP contribution >= 0.6 is 0 Å². The molecule has 38 heavy (non-hydrogen) atoms. The zero-order valence-corrected chi connectivity index (χ0v) is 21.9. The molecule has 1 fully saturated rings. The van der Waals surface area contributed by atoms with E-state index in [0.717, 1.165) is 56.1 Å². The topological polar surface area (TPSA) is 93.7 Å². The van der Waals surface area contributed by atoms with Crippen LogP contribution in [0.25, 0.3) is 0 Å². The highest BCUT2D eigenvalue weighted by atomic mass is 16.5.